The van der Waals surface area contributed by atoms with Crippen LogP contribution in [0.1, 0.15) is 33.1 Å². The quantitative estimate of drug-likeness (QED) is 0.749. The van der Waals surface area contributed by atoms with Crippen LogP contribution in [0.2, 0.25) is 0 Å². The molecule has 94 valence electrons. The largest absolute Gasteiger partial charge is 0.393 e. The van der Waals surface area contributed by atoms with Gasteiger partial charge in [0.25, 0.3) is 0 Å². The Morgan fingerprint density at radius 1 is 1.50 bits per heavy atom. The van der Waals surface area contributed by atoms with Crippen molar-refractivity contribution in [2.45, 2.75) is 39.2 Å². The molecule has 1 aliphatic rings. The third-order valence-corrected chi connectivity index (χ3v) is 4.35. The van der Waals surface area contributed by atoms with Gasteiger partial charge in [-0.15, -0.1) is 0 Å². The highest BCUT2D eigenvalue weighted by molar-refractivity contribution is 7.80. The van der Waals surface area contributed by atoms with Crippen LogP contribution < -0.4 is 5.73 Å². The molecule has 1 saturated heterocycles. The summed E-state index contributed by atoms with van der Waals surface area (Å²) in [5, 5.41) is 0. The lowest BCUT2D eigenvalue weighted by Crippen LogP contribution is -2.47. The minimum absolute atomic E-state index is 0.0762. The summed E-state index contributed by atoms with van der Waals surface area (Å²) in [4.78, 5) is 3.19. The van der Waals surface area contributed by atoms with Crippen molar-refractivity contribution in [2.75, 3.05) is 26.8 Å². The standard InChI is InChI=1S/C12H24N2OS/c1-10(4-9-15-3)14-7-5-12(2,6-8-14)11(13)16/h10H,4-9H2,1-3H3,(H2,13,16). The number of thiocarbonyl (C=S) groups is 1. The second-order valence-electron chi connectivity index (χ2n) is 5.09. The van der Waals surface area contributed by atoms with Crippen LogP contribution in [-0.4, -0.2) is 42.7 Å². The Hall–Kier alpha value is -0.190. The van der Waals surface area contributed by atoms with Crippen LogP contribution in [0.5, 0.6) is 0 Å². The maximum atomic E-state index is 5.80. The van der Waals surface area contributed by atoms with Gasteiger partial charge < -0.3 is 15.4 Å². The average molecular weight is 244 g/mol. The lowest BCUT2D eigenvalue weighted by molar-refractivity contribution is 0.0970. The number of hydrogen-bond acceptors (Lipinski definition) is 3. The van der Waals surface area contributed by atoms with E-state index in [1.54, 1.807) is 7.11 Å². The van der Waals surface area contributed by atoms with Crippen LogP contribution in [0.15, 0.2) is 0 Å². The molecule has 0 amide bonds. The normalized spacial score (nSPS) is 22.9. The van der Waals surface area contributed by atoms with Crippen molar-refractivity contribution in [1.82, 2.24) is 4.90 Å². The summed E-state index contributed by atoms with van der Waals surface area (Å²) in [5.41, 5.74) is 5.87. The fourth-order valence-corrected chi connectivity index (χ4v) is 2.38. The summed E-state index contributed by atoms with van der Waals surface area (Å²) in [7, 11) is 1.76. The maximum absolute atomic E-state index is 5.80. The first-order valence-electron chi connectivity index (χ1n) is 6.02. The second-order valence-corrected chi connectivity index (χ2v) is 5.53. The minimum Gasteiger partial charge on any atom is -0.393 e. The summed E-state index contributed by atoms with van der Waals surface area (Å²) in [5.74, 6) is 0. The molecule has 0 aliphatic carbocycles. The monoisotopic (exact) mass is 244 g/mol. The molecule has 0 bridgehead atoms. The molecule has 1 unspecified atom stereocenters. The van der Waals surface area contributed by atoms with Crippen LogP contribution in [-0.2, 0) is 4.74 Å². The minimum atomic E-state index is 0.0762. The van der Waals surface area contributed by atoms with Gasteiger partial charge in [0.15, 0.2) is 0 Å². The lowest BCUT2D eigenvalue weighted by Gasteiger charge is -2.41. The number of ether oxygens (including phenoxy) is 1. The van der Waals surface area contributed by atoms with E-state index in [0.29, 0.717) is 11.0 Å². The van der Waals surface area contributed by atoms with Crippen molar-refractivity contribution in [2.24, 2.45) is 11.1 Å². The van der Waals surface area contributed by atoms with Crippen LogP contribution in [0, 0.1) is 5.41 Å². The number of likely N-dealkylation sites (tertiary alicyclic amines) is 1. The van der Waals surface area contributed by atoms with E-state index in [1.165, 1.54) is 0 Å². The summed E-state index contributed by atoms with van der Waals surface area (Å²) in [6.07, 6.45) is 3.26. The summed E-state index contributed by atoms with van der Waals surface area (Å²) in [6.45, 7) is 7.48. The molecule has 1 fully saturated rings. The van der Waals surface area contributed by atoms with Gasteiger partial charge in [-0.05, 0) is 39.3 Å². The second kappa shape index (κ2) is 5.94. The van der Waals surface area contributed by atoms with Gasteiger partial charge >= 0.3 is 0 Å². The summed E-state index contributed by atoms with van der Waals surface area (Å²) >= 11 is 5.14. The lowest BCUT2D eigenvalue weighted by atomic mass is 9.80. The molecule has 4 heteroatoms. The first kappa shape index (κ1) is 13.9. The van der Waals surface area contributed by atoms with Gasteiger partial charge in [-0.2, -0.15) is 0 Å². The number of hydrogen-bond donors (Lipinski definition) is 1. The maximum Gasteiger partial charge on any atom is 0.0788 e. The number of nitrogens with zero attached hydrogens (tertiary/aromatic N) is 1. The molecule has 1 atom stereocenters. The zero-order chi connectivity index (χ0) is 12.2. The molecule has 2 N–H and O–H groups in total. The molecule has 16 heavy (non-hydrogen) atoms. The Labute approximate surface area is 104 Å². The predicted molar refractivity (Wildman–Crippen MR) is 71.7 cm³/mol. The smallest absolute Gasteiger partial charge is 0.0788 e. The van der Waals surface area contributed by atoms with E-state index in [0.717, 1.165) is 39.0 Å². The van der Waals surface area contributed by atoms with Crippen molar-refractivity contribution < 1.29 is 4.74 Å². The number of piperidine rings is 1. The Morgan fingerprint density at radius 3 is 2.50 bits per heavy atom. The van der Waals surface area contributed by atoms with Crippen LogP contribution in [0.4, 0.5) is 0 Å². The van der Waals surface area contributed by atoms with Crippen LogP contribution in [0.25, 0.3) is 0 Å². The number of methoxy groups -OCH3 is 1. The third kappa shape index (κ3) is 3.40. The molecular weight excluding hydrogens is 220 g/mol. The summed E-state index contributed by atoms with van der Waals surface area (Å²) in [6, 6.07) is 0.593. The van der Waals surface area contributed by atoms with E-state index in [4.69, 9.17) is 22.7 Å². The van der Waals surface area contributed by atoms with Gasteiger partial charge in [0.2, 0.25) is 0 Å². The zero-order valence-corrected chi connectivity index (χ0v) is 11.5. The first-order valence-corrected chi connectivity index (χ1v) is 6.43. The van der Waals surface area contributed by atoms with Gasteiger partial charge in [-0.3, -0.25) is 0 Å². The Morgan fingerprint density at radius 2 is 2.06 bits per heavy atom. The molecule has 0 aromatic heterocycles. The van der Waals surface area contributed by atoms with Crippen molar-refractivity contribution >= 4 is 17.2 Å². The molecule has 1 rings (SSSR count). The van der Waals surface area contributed by atoms with Crippen molar-refractivity contribution in [3.63, 3.8) is 0 Å². The number of rotatable bonds is 5. The van der Waals surface area contributed by atoms with Crippen molar-refractivity contribution in [3.05, 3.63) is 0 Å². The molecule has 3 nitrogen and oxygen atoms in total. The van der Waals surface area contributed by atoms with Crippen LogP contribution >= 0.6 is 12.2 Å². The van der Waals surface area contributed by atoms with Gasteiger partial charge in [0.1, 0.15) is 0 Å². The van der Waals surface area contributed by atoms with Crippen LogP contribution in [0.3, 0.4) is 0 Å². The SMILES string of the molecule is COCCC(C)N1CCC(C)(C(N)=S)CC1. The third-order valence-electron chi connectivity index (χ3n) is 3.86. The Bertz CT molecular complexity index is 237. The highest BCUT2D eigenvalue weighted by atomic mass is 32.1. The fraction of sp³-hybridized carbons (Fsp3) is 0.917. The fourth-order valence-electron chi connectivity index (χ4n) is 2.18. The molecule has 1 aliphatic heterocycles. The van der Waals surface area contributed by atoms with Crippen molar-refractivity contribution in [1.29, 1.82) is 0 Å². The van der Waals surface area contributed by atoms with E-state index < -0.39 is 0 Å². The van der Waals surface area contributed by atoms with E-state index in [1.807, 2.05) is 0 Å². The topological polar surface area (TPSA) is 38.5 Å². The molecule has 1 heterocycles. The molecule has 0 saturated carbocycles. The first-order chi connectivity index (χ1) is 7.49. The van der Waals surface area contributed by atoms with Gasteiger partial charge in [-0.1, -0.05) is 19.1 Å². The molecule has 0 radical (unpaired) electrons. The Kier molecular flexibility index (Phi) is 5.15. The van der Waals surface area contributed by atoms with E-state index in [9.17, 15) is 0 Å². The number of nitrogens with two attached hydrogens (primary N) is 1. The van der Waals surface area contributed by atoms with Gasteiger partial charge in [-0.25, -0.2) is 0 Å². The van der Waals surface area contributed by atoms with Gasteiger partial charge in [0.05, 0.1) is 4.99 Å². The molecule has 0 aromatic carbocycles. The molecule has 0 spiro atoms. The molecular formula is C12H24N2OS. The Balaban J connectivity index is 2.39. The summed E-state index contributed by atoms with van der Waals surface area (Å²) < 4.78 is 5.12. The highest BCUT2D eigenvalue weighted by Crippen LogP contribution is 2.32. The van der Waals surface area contributed by atoms with E-state index >= 15 is 0 Å². The van der Waals surface area contributed by atoms with E-state index in [-0.39, 0.29) is 5.41 Å². The average Bonchev–Trinajstić information content (AvgIpc) is 2.26. The van der Waals surface area contributed by atoms with Crippen molar-refractivity contribution in [3.8, 4) is 0 Å². The molecule has 0 aromatic rings. The predicted octanol–water partition coefficient (Wildman–Crippen LogP) is 1.80. The zero-order valence-electron chi connectivity index (χ0n) is 10.7. The van der Waals surface area contributed by atoms with E-state index in [2.05, 4.69) is 18.7 Å². The highest BCUT2D eigenvalue weighted by Gasteiger charge is 2.33. The van der Waals surface area contributed by atoms with Gasteiger partial charge in [0, 0.05) is 25.2 Å².